The molecule has 2 aromatic heterocycles. The quantitative estimate of drug-likeness (QED) is 0.922. The molecule has 0 unspecified atom stereocenters. The van der Waals surface area contributed by atoms with Gasteiger partial charge in [-0.2, -0.15) is 5.26 Å². The van der Waals surface area contributed by atoms with Gasteiger partial charge in [0.1, 0.15) is 16.0 Å². The molecule has 0 aromatic carbocycles. The van der Waals surface area contributed by atoms with Gasteiger partial charge in [0.2, 0.25) is 0 Å². The van der Waals surface area contributed by atoms with Crippen LogP contribution in [0.5, 0.6) is 0 Å². The van der Waals surface area contributed by atoms with Gasteiger partial charge in [-0.05, 0) is 18.2 Å². The Bertz CT molecular complexity index is 619. The number of nitriles is 1. The van der Waals surface area contributed by atoms with Crippen molar-refractivity contribution in [3.05, 3.63) is 38.0 Å². The normalized spacial score (nSPS) is 10.5. The predicted molar refractivity (Wildman–Crippen MR) is 67.0 cm³/mol. The molecule has 2 heterocycles. The first-order valence-electron chi connectivity index (χ1n) is 4.55. The smallest absolute Gasteiger partial charge is 0.347 e. The fourth-order valence-corrected chi connectivity index (χ4v) is 2.50. The lowest BCUT2D eigenvalue weighted by atomic mass is 10.3. The van der Waals surface area contributed by atoms with Crippen LogP contribution in [0.25, 0.3) is 12.2 Å². The zero-order valence-corrected chi connectivity index (χ0v) is 10.1. The van der Waals surface area contributed by atoms with Gasteiger partial charge < -0.3 is 5.11 Å². The number of thiazole rings is 1. The van der Waals surface area contributed by atoms with Crippen LogP contribution in [0.3, 0.4) is 0 Å². The Morgan fingerprint density at radius 1 is 1.53 bits per heavy atom. The van der Waals surface area contributed by atoms with Crippen LogP contribution in [0.2, 0.25) is 0 Å². The van der Waals surface area contributed by atoms with Crippen LogP contribution in [-0.2, 0) is 0 Å². The molecule has 84 valence electrons. The van der Waals surface area contributed by atoms with E-state index in [1.54, 1.807) is 17.5 Å². The maximum Gasteiger partial charge on any atom is 0.347 e. The molecular weight excluding hydrogens is 256 g/mol. The van der Waals surface area contributed by atoms with Crippen molar-refractivity contribution in [1.29, 1.82) is 5.26 Å². The van der Waals surface area contributed by atoms with E-state index < -0.39 is 5.97 Å². The van der Waals surface area contributed by atoms with Crippen molar-refractivity contribution in [3.8, 4) is 6.07 Å². The van der Waals surface area contributed by atoms with Gasteiger partial charge in [-0.1, -0.05) is 0 Å². The Morgan fingerprint density at radius 3 is 2.94 bits per heavy atom. The monoisotopic (exact) mass is 262 g/mol. The van der Waals surface area contributed by atoms with Crippen LogP contribution in [0, 0.1) is 11.3 Å². The lowest BCUT2D eigenvalue weighted by Crippen LogP contribution is -1.89. The van der Waals surface area contributed by atoms with Crippen molar-refractivity contribution in [1.82, 2.24) is 4.98 Å². The minimum atomic E-state index is -0.968. The zero-order chi connectivity index (χ0) is 12.3. The van der Waals surface area contributed by atoms with Crippen LogP contribution in [-0.4, -0.2) is 16.1 Å². The van der Waals surface area contributed by atoms with Crippen molar-refractivity contribution in [2.75, 3.05) is 0 Å². The number of aromatic nitrogens is 1. The summed E-state index contributed by atoms with van der Waals surface area (Å²) in [4.78, 5) is 15.8. The number of carboxylic acids is 1. The molecule has 2 rings (SSSR count). The van der Waals surface area contributed by atoms with Crippen molar-refractivity contribution in [2.24, 2.45) is 0 Å². The second kappa shape index (κ2) is 4.91. The number of rotatable bonds is 3. The summed E-state index contributed by atoms with van der Waals surface area (Å²) in [5, 5.41) is 19.8. The molecular formula is C11H6N2O2S2. The maximum atomic E-state index is 10.6. The molecule has 0 bridgehead atoms. The van der Waals surface area contributed by atoms with Gasteiger partial charge in [0, 0.05) is 10.3 Å². The van der Waals surface area contributed by atoms with E-state index in [4.69, 9.17) is 10.4 Å². The van der Waals surface area contributed by atoms with Gasteiger partial charge in [-0.25, -0.2) is 9.78 Å². The number of thiophene rings is 1. The van der Waals surface area contributed by atoms with E-state index in [0.29, 0.717) is 10.6 Å². The van der Waals surface area contributed by atoms with E-state index in [1.165, 1.54) is 17.5 Å². The van der Waals surface area contributed by atoms with Crippen LogP contribution in [0.15, 0.2) is 17.6 Å². The maximum absolute atomic E-state index is 10.6. The molecule has 0 spiro atoms. The first-order valence-corrected chi connectivity index (χ1v) is 6.24. The third-order valence-electron chi connectivity index (χ3n) is 1.87. The number of aromatic carboxylic acids is 1. The number of hydrogen-bond acceptors (Lipinski definition) is 5. The van der Waals surface area contributed by atoms with E-state index in [2.05, 4.69) is 11.1 Å². The molecule has 0 radical (unpaired) electrons. The molecule has 4 nitrogen and oxygen atoms in total. The summed E-state index contributed by atoms with van der Waals surface area (Å²) in [7, 11) is 0. The highest BCUT2D eigenvalue weighted by Gasteiger charge is 2.06. The van der Waals surface area contributed by atoms with Gasteiger partial charge in [0.05, 0.1) is 11.8 Å². The molecule has 1 N–H and O–H groups in total. The van der Waals surface area contributed by atoms with Crippen LogP contribution in [0.4, 0.5) is 0 Å². The van der Waals surface area contributed by atoms with Gasteiger partial charge in [-0.3, -0.25) is 0 Å². The van der Waals surface area contributed by atoms with E-state index in [0.717, 1.165) is 16.2 Å². The fraction of sp³-hybridized carbons (Fsp3) is 0. The van der Waals surface area contributed by atoms with Crippen molar-refractivity contribution >= 4 is 40.8 Å². The van der Waals surface area contributed by atoms with Crippen LogP contribution >= 0.6 is 22.7 Å². The average Bonchev–Trinajstić information content (AvgIpc) is 2.95. The van der Waals surface area contributed by atoms with Crippen molar-refractivity contribution in [3.63, 3.8) is 0 Å². The molecule has 0 aliphatic rings. The van der Waals surface area contributed by atoms with E-state index in [-0.39, 0.29) is 4.88 Å². The van der Waals surface area contributed by atoms with E-state index in [9.17, 15) is 4.79 Å². The summed E-state index contributed by atoms with van der Waals surface area (Å²) >= 11 is 2.57. The van der Waals surface area contributed by atoms with Crippen LogP contribution < -0.4 is 0 Å². The lowest BCUT2D eigenvalue weighted by Gasteiger charge is -1.83. The minimum absolute atomic E-state index is 0.216. The van der Waals surface area contributed by atoms with Crippen molar-refractivity contribution < 1.29 is 9.90 Å². The molecule has 0 aliphatic carbocycles. The standard InChI is InChI=1S/C11H6N2O2S2/c12-4-7-3-8(16-6-7)1-2-10-13-5-9(17-10)11(14)15/h1-3,5-6H,(H,14,15)/b2-1+. The molecule has 0 fully saturated rings. The number of carbonyl (C=O) groups is 1. The summed E-state index contributed by atoms with van der Waals surface area (Å²) in [6.45, 7) is 0. The molecule has 0 atom stereocenters. The second-order valence-electron chi connectivity index (χ2n) is 3.05. The molecule has 0 aliphatic heterocycles. The zero-order valence-electron chi connectivity index (χ0n) is 8.45. The topological polar surface area (TPSA) is 74.0 Å². The Labute approximate surface area is 105 Å². The fourth-order valence-electron chi connectivity index (χ4n) is 1.12. The summed E-state index contributed by atoms with van der Waals surface area (Å²) in [5.41, 5.74) is 0.625. The molecule has 17 heavy (non-hydrogen) atoms. The van der Waals surface area contributed by atoms with Gasteiger partial charge in [0.15, 0.2) is 0 Å². The minimum Gasteiger partial charge on any atom is -0.477 e. The van der Waals surface area contributed by atoms with Gasteiger partial charge in [0.25, 0.3) is 0 Å². The average molecular weight is 262 g/mol. The summed E-state index contributed by atoms with van der Waals surface area (Å²) in [6.07, 6.45) is 4.89. The first-order chi connectivity index (χ1) is 8.19. The Morgan fingerprint density at radius 2 is 2.35 bits per heavy atom. The number of carboxylic acid groups (broad SMARTS) is 1. The first kappa shape index (κ1) is 11.5. The summed E-state index contributed by atoms with van der Waals surface area (Å²) in [6, 6.07) is 3.82. The molecule has 0 saturated heterocycles. The SMILES string of the molecule is N#Cc1csc(/C=C/c2ncc(C(=O)O)s2)c1. The highest BCUT2D eigenvalue weighted by Crippen LogP contribution is 2.19. The Hall–Kier alpha value is -1.97. The van der Waals surface area contributed by atoms with Gasteiger partial charge >= 0.3 is 5.97 Å². The molecule has 0 saturated carbocycles. The summed E-state index contributed by atoms with van der Waals surface area (Å²) in [5.74, 6) is -0.968. The Kier molecular flexibility index (Phi) is 3.32. The highest BCUT2D eigenvalue weighted by molar-refractivity contribution is 7.14. The molecule has 0 amide bonds. The highest BCUT2D eigenvalue weighted by atomic mass is 32.1. The number of nitrogens with zero attached hydrogens (tertiary/aromatic N) is 2. The van der Waals surface area contributed by atoms with E-state index in [1.807, 2.05) is 6.08 Å². The Balaban J connectivity index is 2.14. The third kappa shape index (κ3) is 2.78. The van der Waals surface area contributed by atoms with Gasteiger partial charge in [-0.15, -0.1) is 22.7 Å². The second-order valence-corrected chi connectivity index (χ2v) is 5.06. The van der Waals surface area contributed by atoms with E-state index >= 15 is 0 Å². The van der Waals surface area contributed by atoms with Crippen molar-refractivity contribution in [2.45, 2.75) is 0 Å². The number of hydrogen-bond donors (Lipinski definition) is 1. The lowest BCUT2D eigenvalue weighted by molar-refractivity contribution is 0.0702. The predicted octanol–water partition coefficient (Wildman–Crippen LogP) is 2.94. The molecule has 6 heteroatoms. The summed E-state index contributed by atoms with van der Waals surface area (Å²) < 4.78 is 0. The van der Waals surface area contributed by atoms with Crippen LogP contribution in [0.1, 0.15) is 25.1 Å². The third-order valence-corrected chi connectivity index (χ3v) is 3.72. The molecule has 2 aromatic rings. The largest absolute Gasteiger partial charge is 0.477 e.